The number of nitrogens with zero attached hydrogens (tertiary/aromatic N) is 3. The van der Waals surface area contributed by atoms with Crippen LogP contribution in [0.4, 0.5) is 0 Å². The van der Waals surface area contributed by atoms with Gasteiger partial charge < -0.3 is 4.74 Å². The molecule has 0 bridgehead atoms. The number of methoxy groups -OCH3 is 1. The molecule has 0 atom stereocenters. The molecule has 5 heteroatoms. The molecule has 0 saturated carbocycles. The third kappa shape index (κ3) is 1.56. The van der Waals surface area contributed by atoms with Crippen molar-refractivity contribution in [2.45, 2.75) is 13.3 Å². The number of fused-ring (bicyclic) bond motifs is 1. The van der Waals surface area contributed by atoms with Crippen LogP contribution in [0.1, 0.15) is 23.1 Å². The molecule has 78 valence electrons. The predicted octanol–water partition coefficient (Wildman–Crippen LogP) is 1.08. The van der Waals surface area contributed by atoms with E-state index in [1.807, 2.05) is 6.92 Å². The van der Waals surface area contributed by atoms with Crippen molar-refractivity contribution in [1.82, 2.24) is 14.6 Å². The van der Waals surface area contributed by atoms with Crippen LogP contribution in [0.2, 0.25) is 0 Å². The Morgan fingerprint density at radius 2 is 2.40 bits per heavy atom. The highest BCUT2D eigenvalue weighted by atomic mass is 16.5. The minimum absolute atomic E-state index is 0.393. The maximum absolute atomic E-state index is 11.4. The van der Waals surface area contributed by atoms with Gasteiger partial charge >= 0.3 is 5.97 Å². The number of hydrogen-bond donors (Lipinski definition) is 0. The van der Waals surface area contributed by atoms with E-state index in [1.54, 1.807) is 22.8 Å². The van der Waals surface area contributed by atoms with E-state index in [0.717, 1.165) is 6.42 Å². The van der Waals surface area contributed by atoms with Gasteiger partial charge in [0.25, 0.3) is 0 Å². The van der Waals surface area contributed by atoms with Gasteiger partial charge in [-0.15, -0.1) is 0 Å². The summed E-state index contributed by atoms with van der Waals surface area (Å²) in [5.41, 5.74) is 0.980. The number of aryl methyl sites for hydroxylation is 1. The zero-order valence-electron chi connectivity index (χ0n) is 8.60. The number of esters is 1. The Hall–Kier alpha value is -1.91. The Balaban J connectivity index is 2.64. The molecule has 2 aromatic heterocycles. The summed E-state index contributed by atoms with van der Waals surface area (Å²) in [5.74, 6) is 0.321. The van der Waals surface area contributed by atoms with E-state index < -0.39 is 5.97 Å². The monoisotopic (exact) mass is 205 g/mol. The molecule has 0 saturated heterocycles. The first-order valence-corrected chi connectivity index (χ1v) is 4.69. The molecular formula is C10H11N3O2. The second-order valence-corrected chi connectivity index (χ2v) is 3.06. The van der Waals surface area contributed by atoms with E-state index in [9.17, 15) is 4.79 Å². The van der Waals surface area contributed by atoms with Crippen LogP contribution in [0.15, 0.2) is 18.3 Å². The summed E-state index contributed by atoms with van der Waals surface area (Å²) in [5, 5.41) is 4.21. The van der Waals surface area contributed by atoms with Crippen molar-refractivity contribution in [2.75, 3.05) is 7.11 Å². The summed E-state index contributed by atoms with van der Waals surface area (Å²) >= 11 is 0. The summed E-state index contributed by atoms with van der Waals surface area (Å²) in [4.78, 5) is 15.7. The van der Waals surface area contributed by atoms with Gasteiger partial charge in [-0.25, -0.2) is 14.3 Å². The summed E-state index contributed by atoms with van der Waals surface area (Å²) in [7, 11) is 1.35. The van der Waals surface area contributed by atoms with Crippen molar-refractivity contribution < 1.29 is 9.53 Å². The van der Waals surface area contributed by atoms with Crippen LogP contribution < -0.4 is 0 Å². The number of hydrogen-bond acceptors (Lipinski definition) is 4. The smallest absolute Gasteiger partial charge is 0.341 e. The number of aromatic nitrogens is 3. The van der Waals surface area contributed by atoms with E-state index in [-0.39, 0.29) is 0 Å². The van der Waals surface area contributed by atoms with Crippen molar-refractivity contribution in [3.8, 4) is 0 Å². The van der Waals surface area contributed by atoms with Crippen molar-refractivity contribution in [1.29, 1.82) is 0 Å². The summed E-state index contributed by atoms with van der Waals surface area (Å²) < 4.78 is 6.26. The quantitative estimate of drug-likeness (QED) is 0.688. The minimum atomic E-state index is -0.393. The molecule has 0 spiro atoms. The topological polar surface area (TPSA) is 56.5 Å². The highest BCUT2D eigenvalue weighted by molar-refractivity contribution is 5.95. The first-order chi connectivity index (χ1) is 7.26. The Kier molecular flexibility index (Phi) is 2.37. The molecule has 0 amide bonds. The lowest BCUT2D eigenvalue weighted by Gasteiger charge is -1.99. The molecule has 0 aromatic carbocycles. The average Bonchev–Trinajstić information content (AvgIpc) is 2.70. The van der Waals surface area contributed by atoms with Gasteiger partial charge in [0.05, 0.1) is 7.11 Å². The maximum Gasteiger partial charge on any atom is 0.341 e. The van der Waals surface area contributed by atoms with Crippen LogP contribution in [-0.2, 0) is 11.2 Å². The molecule has 5 nitrogen and oxygen atoms in total. The maximum atomic E-state index is 11.4. The number of ether oxygens (including phenoxy) is 1. The van der Waals surface area contributed by atoms with E-state index in [0.29, 0.717) is 17.0 Å². The molecule has 0 aliphatic rings. The van der Waals surface area contributed by atoms with Gasteiger partial charge in [0.15, 0.2) is 11.5 Å². The Morgan fingerprint density at radius 3 is 3.07 bits per heavy atom. The number of carbonyl (C=O) groups excluding carboxylic acids is 1. The van der Waals surface area contributed by atoms with Gasteiger partial charge in [0.1, 0.15) is 5.56 Å². The molecule has 0 unspecified atom stereocenters. The van der Waals surface area contributed by atoms with E-state index in [2.05, 4.69) is 14.8 Å². The fraction of sp³-hybridized carbons (Fsp3) is 0.300. The number of pyridine rings is 1. The molecule has 2 aromatic rings. The first-order valence-electron chi connectivity index (χ1n) is 4.69. The largest absolute Gasteiger partial charge is 0.465 e. The van der Waals surface area contributed by atoms with Crippen molar-refractivity contribution in [2.24, 2.45) is 0 Å². The first kappa shape index (κ1) is 9.64. The predicted molar refractivity (Wildman–Crippen MR) is 53.7 cm³/mol. The van der Waals surface area contributed by atoms with Gasteiger partial charge in [-0.1, -0.05) is 6.92 Å². The standard InChI is InChI=1S/C10H11N3O2/c1-3-8-11-9-7(10(14)15-2)5-4-6-13(9)12-8/h4-6H,3H2,1-2H3. The molecular weight excluding hydrogens is 194 g/mol. The fourth-order valence-electron chi connectivity index (χ4n) is 1.37. The normalized spacial score (nSPS) is 10.5. The Bertz CT molecular complexity index is 504. The van der Waals surface area contributed by atoms with Gasteiger partial charge in [-0.05, 0) is 12.1 Å². The van der Waals surface area contributed by atoms with Gasteiger partial charge in [-0.2, -0.15) is 5.10 Å². The molecule has 0 N–H and O–H groups in total. The lowest BCUT2D eigenvalue weighted by atomic mass is 10.3. The average molecular weight is 205 g/mol. The molecule has 0 radical (unpaired) electrons. The SMILES string of the molecule is CCc1nc2c(C(=O)OC)cccn2n1. The molecule has 0 aliphatic carbocycles. The number of carbonyl (C=O) groups is 1. The molecule has 15 heavy (non-hydrogen) atoms. The van der Waals surface area contributed by atoms with Crippen molar-refractivity contribution in [3.05, 3.63) is 29.7 Å². The van der Waals surface area contributed by atoms with Crippen LogP contribution in [0, 0.1) is 0 Å². The van der Waals surface area contributed by atoms with Crippen LogP contribution in [0.3, 0.4) is 0 Å². The molecule has 0 aliphatic heterocycles. The second-order valence-electron chi connectivity index (χ2n) is 3.06. The van der Waals surface area contributed by atoms with Crippen LogP contribution >= 0.6 is 0 Å². The summed E-state index contributed by atoms with van der Waals surface area (Å²) in [6.45, 7) is 1.96. The molecule has 2 heterocycles. The highest BCUT2D eigenvalue weighted by Crippen LogP contribution is 2.10. The lowest BCUT2D eigenvalue weighted by molar-refractivity contribution is 0.0602. The van der Waals surface area contributed by atoms with Crippen LogP contribution in [-0.4, -0.2) is 27.7 Å². The van der Waals surface area contributed by atoms with Gasteiger partial charge in [0, 0.05) is 12.6 Å². The zero-order chi connectivity index (χ0) is 10.8. The van der Waals surface area contributed by atoms with Crippen LogP contribution in [0.25, 0.3) is 5.65 Å². The summed E-state index contributed by atoms with van der Waals surface area (Å²) in [6, 6.07) is 3.42. The summed E-state index contributed by atoms with van der Waals surface area (Å²) in [6.07, 6.45) is 2.50. The highest BCUT2D eigenvalue weighted by Gasteiger charge is 2.13. The second kappa shape index (κ2) is 3.68. The fourth-order valence-corrected chi connectivity index (χ4v) is 1.37. The zero-order valence-corrected chi connectivity index (χ0v) is 8.60. The van der Waals surface area contributed by atoms with E-state index in [4.69, 9.17) is 0 Å². The van der Waals surface area contributed by atoms with Gasteiger partial charge in [0.2, 0.25) is 0 Å². The van der Waals surface area contributed by atoms with E-state index in [1.165, 1.54) is 7.11 Å². The van der Waals surface area contributed by atoms with Crippen molar-refractivity contribution >= 4 is 11.6 Å². The van der Waals surface area contributed by atoms with Crippen molar-refractivity contribution in [3.63, 3.8) is 0 Å². The molecule has 2 rings (SSSR count). The lowest BCUT2D eigenvalue weighted by Crippen LogP contribution is -2.04. The Labute approximate surface area is 86.7 Å². The third-order valence-corrected chi connectivity index (χ3v) is 2.13. The minimum Gasteiger partial charge on any atom is -0.465 e. The Morgan fingerprint density at radius 1 is 1.60 bits per heavy atom. The van der Waals surface area contributed by atoms with E-state index >= 15 is 0 Å². The van der Waals surface area contributed by atoms with Crippen LogP contribution in [0.5, 0.6) is 0 Å². The third-order valence-electron chi connectivity index (χ3n) is 2.13. The molecule has 0 fully saturated rings. The van der Waals surface area contributed by atoms with Gasteiger partial charge in [-0.3, -0.25) is 0 Å². The number of rotatable bonds is 2.